The van der Waals surface area contributed by atoms with E-state index in [1.165, 1.54) is 23.5 Å². The molecule has 5 nitrogen and oxygen atoms in total. The summed E-state index contributed by atoms with van der Waals surface area (Å²) >= 11 is 1.32. The van der Waals surface area contributed by atoms with Gasteiger partial charge in [0.25, 0.3) is 0 Å². The Morgan fingerprint density at radius 3 is 2.90 bits per heavy atom. The molecule has 0 saturated heterocycles. The second kappa shape index (κ2) is 5.48. The lowest BCUT2D eigenvalue weighted by molar-refractivity contribution is 0.630. The first kappa shape index (κ1) is 14.3. The summed E-state index contributed by atoms with van der Waals surface area (Å²) in [5.41, 5.74) is 13.0. The predicted molar refractivity (Wildman–Crippen MR) is 82.1 cm³/mol. The second-order valence-electron chi connectivity index (χ2n) is 3.94. The molecule has 2 heterocycles. The van der Waals surface area contributed by atoms with Crippen LogP contribution in [0.5, 0.6) is 0 Å². The largest absolute Gasteiger partial charge is 0.370 e. The Kier molecular flexibility index (Phi) is 3.91. The number of aromatic nitrogens is 2. The predicted octanol–water partition coefficient (Wildman–Crippen LogP) is 2.76. The van der Waals surface area contributed by atoms with Gasteiger partial charge in [-0.15, -0.1) is 23.7 Å². The topological polar surface area (TPSA) is 93.1 Å². The lowest BCUT2D eigenvalue weighted by Crippen LogP contribution is -2.21. The van der Waals surface area contributed by atoms with Crippen molar-refractivity contribution in [3.8, 4) is 11.3 Å². The monoisotopic (exact) mass is 311 g/mol. The lowest BCUT2D eigenvalue weighted by Gasteiger charge is -1.94. The third-order valence-electron chi connectivity index (χ3n) is 2.64. The summed E-state index contributed by atoms with van der Waals surface area (Å²) < 4.78 is 13.3. The molecule has 3 rings (SSSR count). The van der Waals surface area contributed by atoms with Crippen LogP contribution in [0.2, 0.25) is 0 Å². The average molecular weight is 312 g/mol. The van der Waals surface area contributed by atoms with Gasteiger partial charge < -0.3 is 16.5 Å². The van der Waals surface area contributed by atoms with Crippen molar-refractivity contribution in [1.29, 1.82) is 0 Å². The van der Waals surface area contributed by atoms with Gasteiger partial charge in [0.05, 0.1) is 5.69 Å². The number of guanidine groups is 1. The molecule has 3 aromatic rings. The summed E-state index contributed by atoms with van der Waals surface area (Å²) in [7, 11) is 0. The van der Waals surface area contributed by atoms with Crippen LogP contribution in [0.4, 0.5) is 9.52 Å². The number of nitrogens with two attached hydrogens (primary N) is 2. The number of nitrogens with one attached hydrogen (secondary N) is 1. The Hall–Kier alpha value is -2.12. The minimum atomic E-state index is -0.284. The van der Waals surface area contributed by atoms with Gasteiger partial charge in [-0.1, -0.05) is 0 Å². The number of benzene rings is 1. The maximum atomic E-state index is 13.3. The van der Waals surface area contributed by atoms with Gasteiger partial charge in [-0.25, -0.2) is 9.37 Å². The fourth-order valence-corrected chi connectivity index (χ4v) is 2.56. The molecule has 0 bridgehead atoms. The number of thiazole rings is 1. The molecule has 0 amide bonds. The molecule has 0 spiro atoms. The van der Waals surface area contributed by atoms with E-state index in [2.05, 4.69) is 15.0 Å². The summed E-state index contributed by atoms with van der Waals surface area (Å²) in [6, 6.07) is 4.58. The SMILES string of the molecule is Cl.NC(N)=Nc1nc(-c2c[nH]c3ccc(F)cc23)cs1. The second-order valence-corrected chi connectivity index (χ2v) is 4.78. The van der Waals surface area contributed by atoms with E-state index in [9.17, 15) is 4.39 Å². The van der Waals surface area contributed by atoms with E-state index in [0.29, 0.717) is 10.8 Å². The molecule has 0 aliphatic carbocycles. The van der Waals surface area contributed by atoms with Crippen molar-refractivity contribution in [2.75, 3.05) is 0 Å². The number of aliphatic imine (C=N–C) groups is 1. The molecule has 5 N–H and O–H groups in total. The zero-order valence-corrected chi connectivity index (χ0v) is 11.8. The molecule has 0 radical (unpaired) electrons. The lowest BCUT2D eigenvalue weighted by atomic mass is 10.1. The normalized spacial score (nSPS) is 10.2. The summed E-state index contributed by atoms with van der Waals surface area (Å²) in [4.78, 5) is 11.3. The fourth-order valence-electron chi connectivity index (χ4n) is 1.85. The molecule has 20 heavy (non-hydrogen) atoms. The standard InChI is InChI=1S/C12H10FN5S.ClH/c13-6-1-2-9-7(3-6)8(4-16-9)10-5-19-12(17-10)18-11(14)15;/h1-5,16H,(H4,14,15,17,18);1H. The maximum Gasteiger partial charge on any atom is 0.212 e. The minimum Gasteiger partial charge on any atom is -0.370 e. The van der Waals surface area contributed by atoms with E-state index >= 15 is 0 Å². The Morgan fingerprint density at radius 2 is 2.15 bits per heavy atom. The quantitative estimate of drug-likeness (QED) is 0.502. The van der Waals surface area contributed by atoms with E-state index in [1.807, 2.05) is 5.38 Å². The van der Waals surface area contributed by atoms with Crippen molar-refractivity contribution in [2.45, 2.75) is 0 Å². The number of H-pyrrole nitrogens is 1. The van der Waals surface area contributed by atoms with E-state index < -0.39 is 0 Å². The Labute approximate surface area is 123 Å². The first-order valence-electron chi connectivity index (χ1n) is 5.45. The summed E-state index contributed by atoms with van der Waals surface area (Å²) in [6.45, 7) is 0. The zero-order valence-electron chi connectivity index (χ0n) is 10.1. The number of aromatic amines is 1. The van der Waals surface area contributed by atoms with Crippen LogP contribution in [0, 0.1) is 5.82 Å². The van der Waals surface area contributed by atoms with Crippen molar-refractivity contribution in [3.63, 3.8) is 0 Å². The van der Waals surface area contributed by atoms with Gasteiger partial charge in [-0.3, -0.25) is 0 Å². The molecule has 8 heteroatoms. The fraction of sp³-hybridized carbons (Fsp3) is 0. The summed E-state index contributed by atoms with van der Waals surface area (Å²) in [5, 5.41) is 3.08. The highest BCUT2D eigenvalue weighted by Gasteiger charge is 2.10. The van der Waals surface area contributed by atoms with E-state index in [0.717, 1.165) is 16.5 Å². The molecule has 0 unspecified atom stereocenters. The molecule has 0 atom stereocenters. The van der Waals surface area contributed by atoms with Gasteiger partial charge in [0.1, 0.15) is 5.82 Å². The number of rotatable bonds is 2. The Morgan fingerprint density at radius 1 is 1.35 bits per heavy atom. The molecule has 2 aromatic heterocycles. The Bertz CT molecular complexity index is 775. The highest BCUT2D eigenvalue weighted by Crippen LogP contribution is 2.32. The highest BCUT2D eigenvalue weighted by molar-refractivity contribution is 7.13. The third-order valence-corrected chi connectivity index (χ3v) is 3.37. The van der Waals surface area contributed by atoms with E-state index in [4.69, 9.17) is 11.5 Å². The van der Waals surface area contributed by atoms with Crippen LogP contribution in [0.3, 0.4) is 0 Å². The number of hydrogen-bond acceptors (Lipinski definition) is 3. The van der Waals surface area contributed by atoms with Crippen molar-refractivity contribution < 1.29 is 4.39 Å². The van der Waals surface area contributed by atoms with E-state index in [1.54, 1.807) is 12.3 Å². The molecule has 0 aliphatic heterocycles. The van der Waals surface area contributed by atoms with Crippen molar-refractivity contribution >= 4 is 45.7 Å². The number of nitrogens with zero attached hydrogens (tertiary/aromatic N) is 2. The number of hydrogen-bond donors (Lipinski definition) is 3. The number of fused-ring (bicyclic) bond motifs is 1. The molecular formula is C12H11ClFN5S. The zero-order chi connectivity index (χ0) is 13.4. The average Bonchev–Trinajstić information content (AvgIpc) is 2.94. The van der Waals surface area contributed by atoms with E-state index in [-0.39, 0.29) is 24.2 Å². The highest BCUT2D eigenvalue weighted by atomic mass is 35.5. The minimum absolute atomic E-state index is 0. The first-order valence-corrected chi connectivity index (χ1v) is 6.33. The maximum absolute atomic E-state index is 13.3. The molecule has 104 valence electrons. The third kappa shape index (κ3) is 2.59. The molecular weight excluding hydrogens is 301 g/mol. The van der Waals surface area contributed by atoms with Gasteiger partial charge in [0.2, 0.25) is 5.13 Å². The van der Waals surface area contributed by atoms with Crippen LogP contribution >= 0.6 is 23.7 Å². The van der Waals surface area contributed by atoms with Crippen molar-refractivity contribution in [3.05, 3.63) is 35.6 Å². The van der Waals surface area contributed by atoms with Crippen LogP contribution in [0.25, 0.3) is 22.2 Å². The molecule has 0 aliphatic rings. The molecule has 0 fully saturated rings. The van der Waals surface area contributed by atoms with Gasteiger partial charge in [-0.2, -0.15) is 4.99 Å². The summed E-state index contributed by atoms with van der Waals surface area (Å²) in [6.07, 6.45) is 1.79. The van der Waals surface area contributed by atoms with Gasteiger partial charge >= 0.3 is 0 Å². The van der Waals surface area contributed by atoms with Crippen LogP contribution in [-0.4, -0.2) is 15.9 Å². The van der Waals surface area contributed by atoms with Gasteiger partial charge in [-0.05, 0) is 18.2 Å². The van der Waals surface area contributed by atoms with Crippen molar-refractivity contribution in [1.82, 2.24) is 9.97 Å². The molecule has 1 aromatic carbocycles. The van der Waals surface area contributed by atoms with Crippen LogP contribution in [-0.2, 0) is 0 Å². The van der Waals surface area contributed by atoms with Crippen LogP contribution < -0.4 is 11.5 Å². The van der Waals surface area contributed by atoms with Gasteiger partial charge in [0.15, 0.2) is 5.96 Å². The van der Waals surface area contributed by atoms with Crippen LogP contribution in [0.1, 0.15) is 0 Å². The first-order chi connectivity index (χ1) is 9.13. The smallest absolute Gasteiger partial charge is 0.212 e. The number of halogens is 2. The summed E-state index contributed by atoms with van der Waals surface area (Å²) in [5.74, 6) is -0.320. The van der Waals surface area contributed by atoms with Crippen molar-refractivity contribution in [2.24, 2.45) is 16.5 Å². The van der Waals surface area contributed by atoms with Crippen LogP contribution in [0.15, 0.2) is 34.8 Å². The molecule has 0 saturated carbocycles. The van der Waals surface area contributed by atoms with Gasteiger partial charge in [0, 0.05) is 28.0 Å². The Balaban J connectivity index is 0.00000147.